The standard InChI is InChI=1S/C12H18N4/c1-12(2,3)10-6-11-14-7-9(4-5-13)8-16(11)15-10/h6-8H,4-5,13H2,1-3H3. The lowest BCUT2D eigenvalue weighted by atomic mass is 9.93. The zero-order chi connectivity index (χ0) is 11.8. The highest BCUT2D eigenvalue weighted by atomic mass is 15.2. The average molecular weight is 218 g/mol. The van der Waals surface area contributed by atoms with Crippen molar-refractivity contribution < 1.29 is 0 Å². The average Bonchev–Trinajstić information content (AvgIpc) is 2.60. The van der Waals surface area contributed by atoms with Crippen LogP contribution in [0.5, 0.6) is 0 Å². The molecule has 0 unspecified atom stereocenters. The first-order chi connectivity index (χ1) is 7.50. The first kappa shape index (κ1) is 11.1. The van der Waals surface area contributed by atoms with Crippen molar-refractivity contribution in [2.24, 2.45) is 5.73 Å². The summed E-state index contributed by atoms with van der Waals surface area (Å²) in [6, 6.07) is 2.03. The van der Waals surface area contributed by atoms with Gasteiger partial charge >= 0.3 is 0 Å². The molecule has 16 heavy (non-hydrogen) atoms. The molecule has 86 valence electrons. The van der Waals surface area contributed by atoms with Crippen LogP contribution in [-0.2, 0) is 11.8 Å². The minimum atomic E-state index is 0.0573. The van der Waals surface area contributed by atoms with Crippen LogP contribution in [0.3, 0.4) is 0 Å². The van der Waals surface area contributed by atoms with Crippen molar-refractivity contribution in [3.63, 3.8) is 0 Å². The van der Waals surface area contributed by atoms with Crippen molar-refractivity contribution in [1.29, 1.82) is 0 Å². The molecule has 0 atom stereocenters. The molecule has 4 heteroatoms. The van der Waals surface area contributed by atoms with Crippen molar-refractivity contribution in [3.05, 3.63) is 29.7 Å². The van der Waals surface area contributed by atoms with Gasteiger partial charge in [0.05, 0.1) is 5.69 Å². The highest BCUT2D eigenvalue weighted by Crippen LogP contribution is 2.21. The van der Waals surface area contributed by atoms with Crippen molar-refractivity contribution in [2.75, 3.05) is 6.54 Å². The Balaban J connectivity index is 2.46. The van der Waals surface area contributed by atoms with E-state index in [4.69, 9.17) is 5.73 Å². The summed E-state index contributed by atoms with van der Waals surface area (Å²) in [5.74, 6) is 0. The predicted molar refractivity (Wildman–Crippen MR) is 64.4 cm³/mol. The van der Waals surface area contributed by atoms with Gasteiger partial charge in [0, 0.05) is 23.9 Å². The third kappa shape index (κ3) is 2.07. The van der Waals surface area contributed by atoms with Crippen LogP contribution in [0.25, 0.3) is 5.65 Å². The minimum absolute atomic E-state index is 0.0573. The van der Waals surface area contributed by atoms with Gasteiger partial charge in [0.1, 0.15) is 0 Å². The van der Waals surface area contributed by atoms with Crippen molar-refractivity contribution >= 4 is 5.65 Å². The lowest BCUT2D eigenvalue weighted by molar-refractivity contribution is 0.562. The monoisotopic (exact) mass is 218 g/mol. The highest BCUT2D eigenvalue weighted by Gasteiger charge is 2.17. The second-order valence-electron chi connectivity index (χ2n) is 5.08. The number of nitrogens with two attached hydrogens (primary N) is 1. The molecule has 2 aromatic rings. The third-order valence-electron chi connectivity index (χ3n) is 2.57. The van der Waals surface area contributed by atoms with Gasteiger partial charge < -0.3 is 5.73 Å². The maximum Gasteiger partial charge on any atom is 0.155 e. The van der Waals surface area contributed by atoms with Crippen LogP contribution in [0.2, 0.25) is 0 Å². The Morgan fingerprint density at radius 2 is 2.12 bits per heavy atom. The Labute approximate surface area is 95.5 Å². The topological polar surface area (TPSA) is 56.2 Å². The zero-order valence-corrected chi connectivity index (χ0v) is 10.1. The molecule has 0 spiro atoms. The summed E-state index contributed by atoms with van der Waals surface area (Å²) in [7, 11) is 0. The highest BCUT2D eigenvalue weighted by molar-refractivity contribution is 5.41. The summed E-state index contributed by atoms with van der Waals surface area (Å²) < 4.78 is 1.84. The van der Waals surface area contributed by atoms with Gasteiger partial charge in [-0.25, -0.2) is 9.50 Å². The first-order valence-corrected chi connectivity index (χ1v) is 5.55. The van der Waals surface area contributed by atoms with Crippen molar-refractivity contribution in [2.45, 2.75) is 32.6 Å². The van der Waals surface area contributed by atoms with Gasteiger partial charge in [-0.15, -0.1) is 0 Å². The SMILES string of the molecule is CC(C)(C)c1cc2ncc(CCN)cn2n1. The maximum absolute atomic E-state index is 5.52. The van der Waals surface area contributed by atoms with Gasteiger partial charge in [-0.1, -0.05) is 20.8 Å². The maximum atomic E-state index is 5.52. The zero-order valence-electron chi connectivity index (χ0n) is 10.1. The molecule has 0 aliphatic carbocycles. The van der Waals surface area contributed by atoms with Crippen LogP contribution in [0.1, 0.15) is 32.0 Å². The quantitative estimate of drug-likeness (QED) is 0.831. The van der Waals surface area contributed by atoms with Crippen LogP contribution < -0.4 is 5.73 Å². The van der Waals surface area contributed by atoms with Crippen LogP contribution in [0.15, 0.2) is 18.5 Å². The predicted octanol–water partition coefficient (Wildman–Crippen LogP) is 1.53. The number of hydrogen-bond acceptors (Lipinski definition) is 3. The lowest BCUT2D eigenvalue weighted by Gasteiger charge is -2.13. The molecule has 2 heterocycles. The van der Waals surface area contributed by atoms with E-state index in [-0.39, 0.29) is 5.41 Å². The number of hydrogen-bond donors (Lipinski definition) is 1. The second-order valence-corrected chi connectivity index (χ2v) is 5.08. The Kier molecular flexibility index (Phi) is 2.68. The summed E-state index contributed by atoms with van der Waals surface area (Å²) in [6.45, 7) is 7.08. The van der Waals surface area contributed by atoms with Crippen LogP contribution in [0, 0.1) is 0 Å². The fourth-order valence-corrected chi connectivity index (χ4v) is 1.58. The number of rotatable bonds is 2. The molecule has 2 N–H and O–H groups in total. The number of fused-ring (bicyclic) bond motifs is 1. The smallest absolute Gasteiger partial charge is 0.155 e. The van der Waals surface area contributed by atoms with Gasteiger partial charge in [-0.3, -0.25) is 0 Å². The van der Waals surface area contributed by atoms with E-state index in [1.165, 1.54) is 0 Å². The van der Waals surface area contributed by atoms with E-state index in [0.717, 1.165) is 23.3 Å². The Morgan fingerprint density at radius 3 is 2.75 bits per heavy atom. The molecule has 0 radical (unpaired) electrons. The van der Waals surface area contributed by atoms with Crippen molar-refractivity contribution in [1.82, 2.24) is 14.6 Å². The normalized spacial score (nSPS) is 12.2. The molecule has 0 fully saturated rings. The summed E-state index contributed by atoms with van der Waals surface area (Å²) in [4.78, 5) is 4.38. The number of nitrogens with zero attached hydrogens (tertiary/aromatic N) is 3. The fraction of sp³-hybridized carbons (Fsp3) is 0.500. The molecule has 0 aromatic carbocycles. The molecule has 0 bridgehead atoms. The van der Waals surface area contributed by atoms with Crippen molar-refractivity contribution in [3.8, 4) is 0 Å². The van der Waals surface area contributed by atoms with Gasteiger partial charge in [-0.2, -0.15) is 5.10 Å². The lowest BCUT2D eigenvalue weighted by Crippen LogP contribution is -2.11. The van der Waals surface area contributed by atoms with E-state index >= 15 is 0 Å². The Hall–Kier alpha value is -1.42. The summed E-state index contributed by atoms with van der Waals surface area (Å²) >= 11 is 0. The first-order valence-electron chi connectivity index (χ1n) is 5.55. The van der Waals surface area contributed by atoms with Gasteiger partial charge in [0.2, 0.25) is 0 Å². The molecule has 0 saturated heterocycles. The van der Waals surface area contributed by atoms with E-state index in [1.807, 2.05) is 23.0 Å². The second kappa shape index (κ2) is 3.87. The molecule has 0 aliphatic heterocycles. The third-order valence-corrected chi connectivity index (χ3v) is 2.57. The van der Waals surface area contributed by atoms with Gasteiger partial charge in [0.15, 0.2) is 5.65 Å². The molecular weight excluding hydrogens is 200 g/mol. The molecule has 2 rings (SSSR count). The van der Waals surface area contributed by atoms with Crippen LogP contribution in [0.4, 0.5) is 0 Å². The molecule has 0 aliphatic rings. The molecule has 4 nitrogen and oxygen atoms in total. The van der Waals surface area contributed by atoms with E-state index in [2.05, 4.69) is 30.9 Å². The minimum Gasteiger partial charge on any atom is -0.330 e. The van der Waals surface area contributed by atoms with Gasteiger partial charge in [0.25, 0.3) is 0 Å². The molecular formula is C12H18N4. The van der Waals surface area contributed by atoms with E-state index < -0.39 is 0 Å². The van der Waals surface area contributed by atoms with E-state index in [1.54, 1.807) is 0 Å². The molecule has 2 aromatic heterocycles. The Bertz CT molecular complexity index is 493. The van der Waals surface area contributed by atoms with Crippen LogP contribution >= 0.6 is 0 Å². The largest absolute Gasteiger partial charge is 0.330 e. The van der Waals surface area contributed by atoms with Crippen LogP contribution in [-0.4, -0.2) is 21.1 Å². The molecule has 0 saturated carbocycles. The fourth-order valence-electron chi connectivity index (χ4n) is 1.58. The van der Waals surface area contributed by atoms with E-state index in [0.29, 0.717) is 6.54 Å². The summed E-state index contributed by atoms with van der Waals surface area (Å²) in [5, 5.41) is 4.54. The Morgan fingerprint density at radius 1 is 1.38 bits per heavy atom. The van der Waals surface area contributed by atoms with Gasteiger partial charge in [-0.05, 0) is 18.5 Å². The summed E-state index contributed by atoms with van der Waals surface area (Å²) in [5.41, 5.74) is 8.66. The molecule has 0 amide bonds. The number of aromatic nitrogens is 3. The summed E-state index contributed by atoms with van der Waals surface area (Å²) in [6.07, 6.45) is 4.72. The van der Waals surface area contributed by atoms with E-state index in [9.17, 15) is 0 Å².